The van der Waals surface area contributed by atoms with Gasteiger partial charge in [-0.1, -0.05) is 45.8 Å². The largest absolute Gasteiger partial charge is 0.461 e. The summed E-state index contributed by atoms with van der Waals surface area (Å²) in [5.74, 6) is -1.75. The van der Waals surface area contributed by atoms with Crippen molar-refractivity contribution in [2.24, 2.45) is 23.0 Å². The minimum absolute atomic E-state index is 0.0486. The highest BCUT2D eigenvalue weighted by molar-refractivity contribution is 7.18. The molecule has 1 amide bonds. The van der Waals surface area contributed by atoms with Crippen LogP contribution in [0.5, 0.6) is 0 Å². The number of nitrogens with two attached hydrogens (primary N) is 1. The molecule has 2 aliphatic rings. The van der Waals surface area contributed by atoms with E-state index in [1.54, 1.807) is 31.3 Å². The Morgan fingerprint density at radius 1 is 1.26 bits per heavy atom. The number of rotatable bonds is 9. The molecule has 1 aromatic heterocycles. The molecule has 0 radical (unpaired) electrons. The van der Waals surface area contributed by atoms with Crippen molar-refractivity contribution < 1.29 is 29.0 Å². The number of allylic oxidation sites excluding steroid dienone is 1. The molecule has 2 fully saturated rings. The normalized spacial score (nSPS) is 30.8. The fraction of sp³-hybridized carbons (Fsp3) is 0.667. The topological polar surface area (TPSA) is 144 Å². The molecule has 2 aliphatic heterocycles. The maximum atomic E-state index is 14.3. The molecule has 7 atom stereocenters. The number of esters is 1. The van der Waals surface area contributed by atoms with E-state index in [1.807, 2.05) is 32.0 Å². The molecular formula is C36H53N3O6S. The van der Waals surface area contributed by atoms with Crippen LogP contribution in [0.15, 0.2) is 30.9 Å². The van der Waals surface area contributed by atoms with Crippen molar-refractivity contribution in [1.82, 2.24) is 10.3 Å². The monoisotopic (exact) mass is 655 g/mol. The van der Waals surface area contributed by atoms with Crippen LogP contribution < -0.4 is 11.1 Å². The molecule has 46 heavy (non-hydrogen) atoms. The number of amides is 1. The van der Waals surface area contributed by atoms with Gasteiger partial charge in [-0.15, -0.1) is 17.9 Å². The molecule has 10 heteroatoms. The number of aliphatic hydroxyl groups is 1. The predicted octanol–water partition coefficient (Wildman–Crippen LogP) is 6.10. The van der Waals surface area contributed by atoms with E-state index in [1.165, 1.54) is 0 Å². The second-order valence-corrected chi connectivity index (χ2v) is 15.3. The Hall–Kier alpha value is -2.66. The number of ketones is 1. The van der Waals surface area contributed by atoms with E-state index in [0.29, 0.717) is 25.8 Å². The van der Waals surface area contributed by atoms with Crippen LogP contribution in [0.25, 0.3) is 10.2 Å². The van der Waals surface area contributed by atoms with Crippen molar-refractivity contribution in [3.8, 4) is 0 Å². The van der Waals surface area contributed by atoms with Crippen LogP contribution in [-0.2, 0) is 23.9 Å². The van der Waals surface area contributed by atoms with Gasteiger partial charge >= 0.3 is 5.97 Å². The first kappa shape index (κ1) is 36.2. The van der Waals surface area contributed by atoms with Crippen LogP contribution in [0, 0.1) is 24.2 Å². The van der Waals surface area contributed by atoms with Crippen molar-refractivity contribution in [3.05, 3.63) is 41.4 Å². The third kappa shape index (κ3) is 8.82. The SMILES string of the molecule is C=CC[C@H]1C(=O)C(C)(C)[C@@H](O)CC(=O)N[C@H](c2ccc3sc(C)nc3c2)C[C@@H]2O[C@]2(C)CCC[C@H](C)[C@@H]1OC(=O)CCCCCN. The number of fused-ring (bicyclic) bond motifs is 2. The van der Waals surface area contributed by atoms with Crippen LogP contribution in [0.3, 0.4) is 0 Å². The number of hydrogen-bond acceptors (Lipinski definition) is 9. The van der Waals surface area contributed by atoms with Gasteiger partial charge in [0.1, 0.15) is 11.9 Å². The summed E-state index contributed by atoms with van der Waals surface area (Å²) in [4.78, 5) is 45.4. The number of benzene rings is 1. The Morgan fingerprint density at radius 2 is 2.02 bits per heavy atom. The van der Waals surface area contributed by atoms with E-state index in [0.717, 1.165) is 52.9 Å². The third-order valence-corrected chi connectivity index (χ3v) is 10.9. The molecule has 9 nitrogen and oxygen atoms in total. The molecule has 0 aliphatic carbocycles. The number of carbonyl (C=O) groups is 3. The molecule has 2 aromatic rings. The predicted molar refractivity (Wildman–Crippen MR) is 181 cm³/mol. The maximum Gasteiger partial charge on any atom is 0.306 e. The number of aromatic nitrogens is 1. The van der Waals surface area contributed by atoms with Crippen LogP contribution in [0.4, 0.5) is 0 Å². The number of epoxide rings is 1. The number of Topliss-reactive ketones (excluding diaryl/α,β-unsaturated/α-hetero) is 1. The summed E-state index contributed by atoms with van der Waals surface area (Å²) in [6, 6.07) is 5.74. The van der Waals surface area contributed by atoms with Crippen LogP contribution >= 0.6 is 11.3 Å². The molecule has 0 spiro atoms. The Balaban J connectivity index is 1.60. The Labute approximate surface area is 277 Å². The highest BCUT2D eigenvalue weighted by atomic mass is 32.1. The van der Waals surface area contributed by atoms with Crippen LogP contribution in [0.1, 0.15) is 109 Å². The van der Waals surface area contributed by atoms with Gasteiger partial charge in [-0.2, -0.15) is 0 Å². The lowest BCUT2D eigenvalue weighted by Crippen LogP contribution is -2.48. The van der Waals surface area contributed by atoms with Gasteiger partial charge in [-0.3, -0.25) is 14.4 Å². The first-order valence-electron chi connectivity index (χ1n) is 16.9. The molecular weight excluding hydrogens is 602 g/mol. The summed E-state index contributed by atoms with van der Waals surface area (Å²) < 4.78 is 13.4. The zero-order valence-electron chi connectivity index (χ0n) is 28.2. The quantitative estimate of drug-likeness (QED) is 0.127. The van der Waals surface area contributed by atoms with Crippen molar-refractivity contribution in [2.45, 2.75) is 129 Å². The van der Waals surface area contributed by atoms with E-state index in [2.05, 4.69) is 23.8 Å². The minimum Gasteiger partial charge on any atom is -0.461 e. The molecule has 254 valence electrons. The summed E-state index contributed by atoms with van der Waals surface area (Å²) in [6.45, 7) is 13.9. The average molecular weight is 656 g/mol. The number of aliphatic hydroxyl groups excluding tert-OH is 1. The minimum atomic E-state index is -1.28. The fourth-order valence-corrected chi connectivity index (χ4v) is 7.62. The number of carbonyl (C=O) groups excluding carboxylic acids is 3. The number of thiazole rings is 1. The van der Waals surface area contributed by atoms with Crippen molar-refractivity contribution in [2.75, 3.05) is 6.54 Å². The van der Waals surface area contributed by atoms with Gasteiger partial charge in [0.2, 0.25) is 5.91 Å². The molecule has 0 bridgehead atoms. The standard InChI is InChI=1S/C36H53N3O6S/c1-7-12-25-33(44-32(42)14-9-8-10-18-37)22(2)13-11-17-36(6)30(45-36)20-26(24-15-16-28-27(19-24)38-23(3)46-28)39-31(41)21-29(40)35(4,5)34(25)43/h7,15-16,19,22,25-26,29-30,33,40H,1,8-14,17-18,20-21,37H2,2-6H3,(H,39,41)/t22-,25+,26-,29-,30-,33-,36+/m0/s1. The third-order valence-electron chi connectivity index (χ3n) is 9.99. The lowest BCUT2D eigenvalue weighted by atomic mass is 9.71. The van der Waals surface area contributed by atoms with Crippen molar-refractivity contribution in [1.29, 1.82) is 0 Å². The summed E-state index contributed by atoms with van der Waals surface area (Å²) >= 11 is 1.63. The maximum absolute atomic E-state index is 14.3. The number of nitrogens with one attached hydrogen (secondary N) is 1. The number of unbranched alkanes of at least 4 members (excludes halogenated alkanes) is 2. The lowest BCUT2D eigenvalue weighted by molar-refractivity contribution is -0.160. The molecule has 4 N–H and O–H groups in total. The fourth-order valence-electron chi connectivity index (χ4n) is 6.81. The zero-order chi connectivity index (χ0) is 33.6. The molecule has 0 saturated carbocycles. The second kappa shape index (κ2) is 15.5. The van der Waals surface area contributed by atoms with Gasteiger partial charge in [0.05, 0.1) is 56.8 Å². The van der Waals surface area contributed by atoms with Crippen molar-refractivity contribution >= 4 is 39.2 Å². The van der Waals surface area contributed by atoms with Crippen LogP contribution in [-0.4, -0.2) is 58.2 Å². The molecule has 2 saturated heterocycles. The Kier molecular flexibility index (Phi) is 12.2. The second-order valence-electron chi connectivity index (χ2n) is 14.1. The molecule has 4 rings (SSSR count). The number of ether oxygens (including phenoxy) is 2. The van der Waals surface area contributed by atoms with Gasteiger partial charge in [-0.25, -0.2) is 4.98 Å². The van der Waals surface area contributed by atoms with Crippen LogP contribution in [0.2, 0.25) is 0 Å². The lowest BCUT2D eigenvalue weighted by Gasteiger charge is -2.37. The smallest absolute Gasteiger partial charge is 0.306 e. The first-order valence-corrected chi connectivity index (χ1v) is 17.7. The molecule has 0 unspecified atom stereocenters. The highest BCUT2D eigenvalue weighted by Gasteiger charge is 2.53. The molecule has 3 heterocycles. The Morgan fingerprint density at radius 3 is 2.74 bits per heavy atom. The summed E-state index contributed by atoms with van der Waals surface area (Å²) in [6.07, 6.45) is 5.27. The highest BCUT2D eigenvalue weighted by Crippen LogP contribution is 2.46. The molecule has 1 aromatic carbocycles. The van der Waals surface area contributed by atoms with Gasteiger partial charge < -0.3 is 25.6 Å². The summed E-state index contributed by atoms with van der Waals surface area (Å²) in [5.41, 5.74) is 5.81. The zero-order valence-corrected chi connectivity index (χ0v) is 29.0. The van der Waals surface area contributed by atoms with Gasteiger partial charge in [-0.05, 0) is 76.1 Å². The van der Waals surface area contributed by atoms with E-state index in [-0.39, 0.29) is 54.2 Å². The first-order chi connectivity index (χ1) is 21.8. The van der Waals surface area contributed by atoms with Gasteiger partial charge in [0, 0.05) is 12.8 Å². The van der Waals surface area contributed by atoms with E-state index < -0.39 is 23.5 Å². The van der Waals surface area contributed by atoms with Gasteiger partial charge in [0.15, 0.2) is 0 Å². The number of nitrogens with zero attached hydrogens (tertiary/aromatic N) is 1. The summed E-state index contributed by atoms with van der Waals surface area (Å²) in [7, 11) is 0. The van der Waals surface area contributed by atoms with E-state index in [9.17, 15) is 19.5 Å². The number of aryl methyl sites for hydroxylation is 1. The van der Waals surface area contributed by atoms with E-state index >= 15 is 0 Å². The Bertz CT molecular complexity index is 1390. The van der Waals surface area contributed by atoms with Crippen molar-refractivity contribution in [3.63, 3.8) is 0 Å². The van der Waals surface area contributed by atoms with Gasteiger partial charge in [0.25, 0.3) is 0 Å². The number of hydrogen-bond donors (Lipinski definition) is 3. The average Bonchev–Trinajstić information content (AvgIpc) is 3.47. The summed E-state index contributed by atoms with van der Waals surface area (Å²) in [5, 5.41) is 15.5. The van der Waals surface area contributed by atoms with E-state index in [4.69, 9.17) is 15.2 Å².